The van der Waals surface area contributed by atoms with E-state index in [1.165, 1.54) is 12.4 Å². The summed E-state index contributed by atoms with van der Waals surface area (Å²) in [4.78, 5) is 22.3. The maximum Gasteiger partial charge on any atom is 0.253 e. The molecule has 1 atom stereocenters. The summed E-state index contributed by atoms with van der Waals surface area (Å²) in [5, 5.41) is 6.18. The molecule has 1 amide bonds. The van der Waals surface area contributed by atoms with Crippen LogP contribution in [0.1, 0.15) is 23.2 Å². The number of carbonyl (C=O) groups is 1. The highest BCUT2D eigenvalue weighted by molar-refractivity contribution is 9.10. The minimum Gasteiger partial charge on any atom is -0.382 e. The van der Waals surface area contributed by atoms with Crippen molar-refractivity contribution in [3.8, 4) is 0 Å². The zero-order valence-corrected chi connectivity index (χ0v) is 15.9. The molecular weight excluding hydrogens is 403 g/mol. The highest BCUT2D eigenvalue weighted by Crippen LogP contribution is 2.28. The summed E-state index contributed by atoms with van der Waals surface area (Å²) >= 11 is 3.25. The van der Waals surface area contributed by atoms with Gasteiger partial charge in [-0.1, -0.05) is 15.9 Å². The van der Waals surface area contributed by atoms with Crippen LogP contribution < -0.4 is 21.3 Å². The van der Waals surface area contributed by atoms with Crippen LogP contribution >= 0.6 is 15.9 Å². The zero-order valence-electron chi connectivity index (χ0n) is 14.3. The van der Waals surface area contributed by atoms with Crippen LogP contribution in [0.5, 0.6) is 0 Å². The fraction of sp³-hybridized carbons (Fsp3) is 0.353. The van der Waals surface area contributed by atoms with Gasteiger partial charge in [0.1, 0.15) is 23.8 Å². The predicted octanol–water partition coefficient (Wildman–Crippen LogP) is 2.60. The van der Waals surface area contributed by atoms with Gasteiger partial charge in [-0.3, -0.25) is 4.79 Å². The largest absolute Gasteiger partial charge is 0.382 e. The van der Waals surface area contributed by atoms with E-state index < -0.39 is 11.7 Å². The molecule has 9 heteroatoms. The first kappa shape index (κ1) is 18.4. The summed E-state index contributed by atoms with van der Waals surface area (Å²) in [5.74, 6) is 0.144. The number of aromatic nitrogens is 2. The Labute approximate surface area is 159 Å². The Balaban J connectivity index is 1.78. The smallest absolute Gasteiger partial charge is 0.253 e. The molecule has 0 aliphatic carbocycles. The average Bonchev–Trinajstić information content (AvgIpc) is 3.07. The van der Waals surface area contributed by atoms with E-state index in [-0.39, 0.29) is 11.6 Å². The van der Waals surface area contributed by atoms with Crippen molar-refractivity contribution < 1.29 is 9.18 Å². The molecule has 4 N–H and O–H groups in total. The molecule has 138 valence electrons. The summed E-state index contributed by atoms with van der Waals surface area (Å²) in [5.41, 5.74) is 5.59. The number of benzene rings is 1. The second-order valence-corrected chi connectivity index (χ2v) is 6.97. The standard InChI is InChI=1S/C17H20BrFN6O/c1-21-14-7-15(24-9-23-14)25-4-2-3-11(25)8-22-13-6-10(18)5-12(19)16(13)17(20)26/h5-7,9,11,22H,2-4,8H2,1H3,(H2,20,26)(H,21,23,24). The highest BCUT2D eigenvalue weighted by Gasteiger charge is 2.26. The molecule has 2 aromatic rings. The Bertz CT molecular complexity index is 818. The molecule has 0 bridgehead atoms. The first-order valence-corrected chi connectivity index (χ1v) is 9.08. The van der Waals surface area contributed by atoms with Crippen LogP contribution in [-0.4, -0.2) is 42.1 Å². The number of hydrogen-bond donors (Lipinski definition) is 3. The number of halogens is 2. The first-order valence-electron chi connectivity index (χ1n) is 8.28. The van der Waals surface area contributed by atoms with Gasteiger partial charge in [-0.05, 0) is 25.0 Å². The van der Waals surface area contributed by atoms with Crippen molar-refractivity contribution in [2.24, 2.45) is 5.73 Å². The number of nitrogens with one attached hydrogen (secondary N) is 2. The van der Waals surface area contributed by atoms with Crippen molar-refractivity contribution in [2.75, 3.05) is 35.7 Å². The van der Waals surface area contributed by atoms with E-state index in [0.29, 0.717) is 16.7 Å². The Kier molecular flexibility index (Phi) is 5.55. The van der Waals surface area contributed by atoms with Crippen LogP contribution in [0.2, 0.25) is 0 Å². The minimum absolute atomic E-state index is 0.128. The number of amides is 1. The van der Waals surface area contributed by atoms with Crippen molar-refractivity contribution in [1.29, 1.82) is 0 Å². The molecule has 0 spiro atoms. The molecule has 7 nitrogen and oxygen atoms in total. The summed E-state index contributed by atoms with van der Waals surface area (Å²) in [6.07, 6.45) is 3.52. The number of anilines is 3. The number of hydrogen-bond acceptors (Lipinski definition) is 6. The highest BCUT2D eigenvalue weighted by atomic mass is 79.9. The van der Waals surface area contributed by atoms with Gasteiger partial charge in [0.05, 0.1) is 11.3 Å². The molecule has 2 heterocycles. The van der Waals surface area contributed by atoms with Crippen molar-refractivity contribution in [3.05, 3.63) is 40.4 Å². The molecule has 1 aliphatic heterocycles. The van der Waals surface area contributed by atoms with Crippen molar-refractivity contribution in [3.63, 3.8) is 0 Å². The third-order valence-electron chi connectivity index (χ3n) is 4.41. The van der Waals surface area contributed by atoms with Crippen molar-refractivity contribution >= 4 is 39.2 Å². The molecule has 26 heavy (non-hydrogen) atoms. The number of primary amides is 1. The normalized spacial score (nSPS) is 16.6. The molecule has 1 aromatic carbocycles. The Morgan fingerprint density at radius 3 is 2.96 bits per heavy atom. The molecule has 1 saturated heterocycles. The van der Waals surface area contributed by atoms with Gasteiger partial charge in [0, 0.05) is 36.7 Å². The molecule has 1 aromatic heterocycles. The van der Waals surface area contributed by atoms with E-state index in [4.69, 9.17) is 5.73 Å². The van der Waals surface area contributed by atoms with Crippen LogP contribution in [0.25, 0.3) is 0 Å². The van der Waals surface area contributed by atoms with Crippen LogP contribution in [0.3, 0.4) is 0 Å². The maximum absolute atomic E-state index is 14.1. The zero-order chi connectivity index (χ0) is 18.7. The summed E-state index contributed by atoms with van der Waals surface area (Å²) in [6, 6.07) is 4.95. The number of nitrogens with two attached hydrogens (primary N) is 1. The van der Waals surface area contributed by atoms with Gasteiger partial charge in [0.2, 0.25) is 0 Å². The molecule has 3 rings (SSSR count). The lowest BCUT2D eigenvalue weighted by atomic mass is 10.1. The number of nitrogens with zero attached hydrogens (tertiary/aromatic N) is 3. The SMILES string of the molecule is CNc1cc(N2CCCC2CNc2cc(Br)cc(F)c2C(N)=O)ncn1. The van der Waals surface area contributed by atoms with Crippen LogP contribution in [0.15, 0.2) is 29.0 Å². The number of carbonyl (C=O) groups excluding carboxylic acids is 1. The Hall–Kier alpha value is -2.42. The van der Waals surface area contributed by atoms with E-state index in [2.05, 4.69) is 41.4 Å². The van der Waals surface area contributed by atoms with E-state index >= 15 is 0 Å². The molecule has 1 unspecified atom stereocenters. The van der Waals surface area contributed by atoms with Gasteiger partial charge in [0.25, 0.3) is 5.91 Å². The van der Waals surface area contributed by atoms with Gasteiger partial charge >= 0.3 is 0 Å². The van der Waals surface area contributed by atoms with Crippen LogP contribution in [0.4, 0.5) is 21.7 Å². The second kappa shape index (κ2) is 7.86. The Morgan fingerprint density at radius 1 is 1.42 bits per heavy atom. The molecule has 1 aliphatic rings. The quantitative estimate of drug-likeness (QED) is 0.661. The molecule has 1 fully saturated rings. The monoisotopic (exact) mass is 422 g/mol. The third-order valence-corrected chi connectivity index (χ3v) is 4.87. The lowest BCUT2D eigenvalue weighted by Crippen LogP contribution is -2.36. The van der Waals surface area contributed by atoms with Crippen molar-refractivity contribution in [2.45, 2.75) is 18.9 Å². The first-order chi connectivity index (χ1) is 12.5. The molecule has 0 radical (unpaired) electrons. The van der Waals surface area contributed by atoms with Gasteiger partial charge in [0.15, 0.2) is 0 Å². The average molecular weight is 423 g/mol. The summed E-state index contributed by atoms with van der Waals surface area (Å²) < 4.78 is 14.6. The van der Waals surface area contributed by atoms with Crippen LogP contribution in [-0.2, 0) is 0 Å². The molecular formula is C17H20BrFN6O. The fourth-order valence-corrected chi connectivity index (χ4v) is 3.61. The van der Waals surface area contributed by atoms with Gasteiger partial charge < -0.3 is 21.3 Å². The van der Waals surface area contributed by atoms with Gasteiger partial charge in [-0.2, -0.15) is 0 Å². The number of rotatable bonds is 6. The Morgan fingerprint density at radius 2 is 2.23 bits per heavy atom. The topological polar surface area (TPSA) is 96.2 Å². The van der Waals surface area contributed by atoms with E-state index in [1.54, 1.807) is 6.07 Å². The van der Waals surface area contributed by atoms with Crippen molar-refractivity contribution in [1.82, 2.24) is 9.97 Å². The van der Waals surface area contributed by atoms with E-state index in [1.807, 2.05) is 13.1 Å². The summed E-state index contributed by atoms with van der Waals surface area (Å²) in [7, 11) is 1.81. The second-order valence-electron chi connectivity index (χ2n) is 6.06. The third kappa shape index (κ3) is 3.87. The lowest BCUT2D eigenvalue weighted by Gasteiger charge is -2.26. The van der Waals surface area contributed by atoms with Gasteiger partial charge in [-0.25, -0.2) is 14.4 Å². The fourth-order valence-electron chi connectivity index (χ4n) is 3.18. The lowest BCUT2D eigenvalue weighted by molar-refractivity contribution is 0.0997. The molecule has 0 saturated carbocycles. The van der Waals surface area contributed by atoms with Crippen LogP contribution in [0, 0.1) is 5.82 Å². The predicted molar refractivity (Wildman–Crippen MR) is 103 cm³/mol. The maximum atomic E-state index is 14.1. The van der Waals surface area contributed by atoms with Gasteiger partial charge in [-0.15, -0.1) is 0 Å². The summed E-state index contributed by atoms with van der Waals surface area (Å²) in [6.45, 7) is 1.41. The van der Waals surface area contributed by atoms with E-state index in [9.17, 15) is 9.18 Å². The minimum atomic E-state index is -0.796. The van der Waals surface area contributed by atoms with E-state index in [0.717, 1.165) is 31.0 Å².